The largest absolute Gasteiger partial charge is 0.454 e. The first kappa shape index (κ1) is 18.2. The number of carbonyl (C=O) groups is 1. The lowest BCUT2D eigenvalue weighted by Gasteiger charge is -2.16. The van der Waals surface area contributed by atoms with Gasteiger partial charge in [-0.15, -0.1) is 0 Å². The molecule has 0 bridgehead atoms. The summed E-state index contributed by atoms with van der Waals surface area (Å²) in [6.45, 7) is 1.62. The van der Waals surface area contributed by atoms with Crippen molar-refractivity contribution in [2.24, 2.45) is 0 Å². The van der Waals surface area contributed by atoms with Crippen LogP contribution in [0.1, 0.15) is 28.5 Å². The first-order chi connectivity index (χ1) is 12.0. The van der Waals surface area contributed by atoms with Crippen LogP contribution in [0.4, 0.5) is 26.3 Å². The van der Waals surface area contributed by atoms with E-state index in [4.69, 9.17) is 0 Å². The number of aromatic nitrogens is 1. The van der Waals surface area contributed by atoms with Gasteiger partial charge in [0.25, 0.3) is 5.78 Å². The highest BCUT2D eigenvalue weighted by molar-refractivity contribution is 6.18. The summed E-state index contributed by atoms with van der Waals surface area (Å²) in [5, 5.41) is -0.546. The lowest BCUT2D eigenvalue weighted by atomic mass is 9.94. The maximum absolute atomic E-state index is 13.5. The van der Waals surface area contributed by atoms with Gasteiger partial charge in [-0.05, 0) is 23.9 Å². The summed E-state index contributed by atoms with van der Waals surface area (Å²) in [4.78, 5) is 15.9. The Morgan fingerprint density at radius 2 is 1.58 bits per heavy atom. The van der Waals surface area contributed by atoms with Crippen molar-refractivity contribution in [3.63, 3.8) is 0 Å². The molecule has 2 aromatic carbocycles. The van der Waals surface area contributed by atoms with Gasteiger partial charge in [0, 0.05) is 22.0 Å². The summed E-state index contributed by atoms with van der Waals surface area (Å²) in [6.07, 6.45) is -9.78. The Kier molecular flexibility index (Phi) is 4.17. The number of hydrogen-bond donors (Lipinski definition) is 0. The Balaban J connectivity index is 2.53. The summed E-state index contributed by atoms with van der Waals surface area (Å²) in [6, 6.07) is 6.95. The Bertz CT molecular complexity index is 1020. The van der Waals surface area contributed by atoms with E-state index in [0.717, 1.165) is 6.07 Å². The van der Waals surface area contributed by atoms with E-state index < -0.39 is 34.6 Å². The number of benzene rings is 2. The molecule has 8 heteroatoms. The SMILES string of the molecule is CCc1cc(C(F)(F)F)c2cc(C(=O)C(F)(F)F)c3ccccc3c2n1. The van der Waals surface area contributed by atoms with Crippen LogP contribution < -0.4 is 0 Å². The minimum Gasteiger partial charge on any atom is -0.284 e. The van der Waals surface area contributed by atoms with E-state index in [1.165, 1.54) is 24.3 Å². The zero-order chi connectivity index (χ0) is 19.3. The van der Waals surface area contributed by atoms with Crippen LogP contribution >= 0.6 is 0 Å². The van der Waals surface area contributed by atoms with Crippen LogP contribution in [-0.4, -0.2) is 16.9 Å². The van der Waals surface area contributed by atoms with Gasteiger partial charge in [0.05, 0.1) is 11.1 Å². The standard InChI is InChI=1S/C18H11F6NO/c1-2-9-7-14(17(19,20)21)13-8-12(16(26)18(22,23)24)10-5-3-4-6-11(10)15(13)25-9/h3-8H,2H2,1H3. The van der Waals surface area contributed by atoms with Crippen molar-refractivity contribution < 1.29 is 31.1 Å². The molecule has 3 rings (SSSR count). The first-order valence-electron chi connectivity index (χ1n) is 7.58. The fourth-order valence-electron chi connectivity index (χ4n) is 2.86. The van der Waals surface area contributed by atoms with Crippen LogP contribution in [0.25, 0.3) is 21.7 Å². The molecule has 0 spiro atoms. The second-order valence-corrected chi connectivity index (χ2v) is 5.71. The molecule has 1 heterocycles. The van der Waals surface area contributed by atoms with E-state index in [0.29, 0.717) is 6.07 Å². The van der Waals surface area contributed by atoms with Crippen LogP contribution in [0.2, 0.25) is 0 Å². The maximum atomic E-state index is 13.5. The van der Waals surface area contributed by atoms with Crippen molar-refractivity contribution in [3.8, 4) is 0 Å². The summed E-state index contributed by atoms with van der Waals surface area (Å²) in [5.41, 5.74) is -1.85. The van der Waals surface area contributed by atoms with Gasteiger partial charge < -0.3 is 0 Å². The van der Waals surface area contributed by atoms with E-state index in [1.807, 2.05) is 0 Å². The minimum absolute atomic E-state index is 0.0680. The molecule has 1 aromatic heterocycles. The van der Waals surface area contributed by atoms with Gasteiger partial charge in [-0.25, -0.2) is 0 Å². The third kappa shape index (κ3) is 3.00. The molecule has 0 saturated heterocycles. The van der Waals surface area contributed by atoms with E-state index >= 15 is 0 Å². The Hall–Kier alpha value is -2.64. The molecule has 3 aromatic rings. The lowest BCUT2D eigenvalue weighted by Crippen LogP contribution is -2.23. The average Bonchev–Trinajstić information content (AvgIpc) is 2.57. The zero-order valence-corrected chi connectivity index (χ0v) is 13.3. The van der Waals surface area contributed by atoms with Gasteiger partial charge in [-0.3, -0.25) is 9.78 Å². The molecular formula is C18H11F6NO. The van der Waals surface area contributed by atoms with E-state index in [9.17, 15) is 31.1 Å². The monoisotopic (exact) mass is 371 g/mol. The van der Waals surface area contributed by atoms with Crippen LogP contribution in [0.15, 0.2) is 36.4 Å². The second-order valence-electron chi connectivity index (χ2n) is 5.71. The molecule has 2 nitrogen and oxygen atoms in total. The Morgan fingerprint density at radius 1 is 0.962 bits per heavy atom. The lowest BCUT2D eigenvalue weighted by molar-refractivity contribution is -0.136. The average molecular weight is 371 g/mol. The highest BCUT2D eigenvalue weighted by Crippen LogP contribution is 2.39. The molecule has 0 saturated carbocycles. The van der Waals surface area contributed by atoms with Crippen LogP contribution in [0, 0.1) is 0 Å². The molecule has 0 fully saturated rings. The van der Waals surface area contributed by atoms with Crippen molar-refractivity contribution in [2.45, 2.75) is 25.7 Å². The number of nitrogens with zero attached hydrogens (tertiary/aromatic N) is 1. The van der Waals surface area contributed by atoms with Crippen LogP contribution in [0.5, 0.6) is 0 Å². The molecule has 136 valence electrons. The molecule has 0 aliphatic carbocycles. The van der Waals surface area contributed by atoms with Crippen molar-refractivity contribution in [1.82, 2.24) is 4.98 Å². The highest BCUT2D eigenvalue weighted by Gasteiger charge is 2.41. The number of Topliss-reactive ketones (excluding diaryl/α,β-unsaturated/α-hetero) is 1. The molecule has 0 aliphatic heterocycles. The smallest absolute Gasteiger partial charge is 0.284 e. The van der Waals surface area contributed by atoms with Crippen LogP contribution in [-0.2, 0) is 12.6 Å². The minimum atomic E-state index is -5.20. The molecule has 0 atom stereocenters. The molecular weight excluding hydrogens is 360 g/mol. The van der Waals surface area contributed by atoms with E-state index in [2.05, 4.69) is 4.98 Å². The quantitative estimate of drug-likeness (QED) is 0.328. The molecule has 0 amide bonds. The molecule has 0 unspecified atom stereocenters. The summed E-state index contributed by atoms with van der Waals surface area (Å²) < 4.78 is 79.2. The fourth-order valence-corrected chi connectivity index (χ4v) is 2.86. The van der Waals surface area contributed by atoms with Crippen LogP contribution in [0.3, 0.4) is 0 Å². The van der Waals surface area contributed by atoms with Gasteiger partial charge in [0.1, 0.15) is 0 Å². The van der Waals surface area contributed by atoms with Crippen molar-refractivity contribution in [3.05, 3.63) is 53.2 Å². The summed E-state index contributed by atoms with van der Waals surface area (Å²) in [5.74, 6) is -2.19. The van der Waals surface area contributed by atoms with Gasteiger partial charge in [-0.2, -0.15) is 26.3 Å². The summed E-state index contributed by atoms with van der Waals surface area (Å²) in [7, 11) is 0. The van der Waals surface area contributed by atoms with E-state index in [1.54, 1.807) is 6.92 Å². The number of hydrogen-bond acceptors (Lipinski definition) is 2. The Labute approximate surface area is 143 Å². The first-order valence-corrected chi connectivity index (χ1v) is 7.58. The van der Waals surface area contributed by atoms with Gasteiger partial charge >= 0.3 is 12.4 Å². The normalized spacial score (nSPS) is 12.7. The van der Waals surface area contributed by atoms with Gasteiger partial charge in [0.15, 0.2) is 0 Å². The van der Waals surface area contributed by atoms with Crippen molar-refractivity contribution in [2.75, 3.05) is 0 Å². The summed E-state index contributed by atoms with van der Waals surface area (Å²) >= 11 is 0. The number of carbonyl (C=O) groups excluding carboxylic acids is 1. The number of ketones is 1. The molecule has 26 heavy (non-hydrogen) atoms. The number of fused-ring (bicyclic) bond motifs is 3. The molecule has 0 aliphatic rings. The predicted molar refractivity (Wildman–Crippen MR) is 84.0 cm³/mol. The van der Waals surface area contributed by atoms with Gasteiger partial charge in [0.2, 0.25) is 0 Å². The maximum Gasteiger partial charge on any atom is 0.454 e. The third-order valence-electron chi connectivity index (χ3n) is 4.04. The number of pyridine rings is 1. The number of halogens is 6. The second kappa shape index (κ2) is 5.96. The molecule has 0 radical (unpaired) electrons. The van der Waals surface area contributed by atoms with Crippen molar-refractivity contribution >= 4 is 27.5 Å². The molecule has 0 N–H and O–H groups in total. The Morgan fingerprint density at radius 3 is 2.12 bits per heavy atom. The topological polar surface area (TPSA) is 30.0 Å². The third-order valence-corrected chi connectivity index (χ3v) is 4.04. The van der Waals surface area contributed by atoms with Gasteiger partial charge in [-0.1, -0.05) is 31.2 Å². The number of aryl methyl sites for hydroxylation is 1. The predicted octanol–water partition coefficient (Wildman–Crippen LogP) is 5.71. The zero-order valence-electron chi connectivity index (χ0n) is 13.3. The highest BCUT2D eigenvalue weighted by atomic mass is 19.4. The number of rotatable bonds is 2. The number of alkyl halides is 6. The van der Waals surface area contributed by atoms with E-state index in [-0.39, 0.29) is 28.4 Å². The fraction of sp³-hybridized carbons (Fsp3) is 0.222. The van der Waals surface area contributed by atoms with Crippen molar-refractivity contribution in [1.29, 1.82) is 0 Å².